The van der Waals surface area contributed by atoms with E-state index in [1.54, 1.807) is 4.90 Å². The molecule has 8 heteroatoms. The Bertz CT molecular complexity index is 637. The predicted octanol–water partition coefficient (Wildman–Crippen LogP) is 2.02. The van der Waals surface area contributed by atoms with Crippen molar-refractivity contribution in [3.05, 3.63) is 24.0 Å². The van der Waals surface area contributed by atoms with E-state index < -0.39 is 5.60 Å². The number of fused-ring (bicyclic) bond motifs is 1. The van der Waals surface area contributed by atoms with E-state index in [0.29, 0.717) is 13.1 Å². The van der Waals surface area contributed by atoms with Gasteiger partial charge in [0, 0.05) is 45.6 Å². The highest BCUT2D eigenvalue weighted by Crippen LogP contribution is 2.18. The van der Waals surface area contributed by atoms with Crippen LogP contribution in [-0.2, 0) is 18.3 Å². The van der Waals surface area contributed by atoms with Crippen molar-refractivity contribution >= 4 is 36.0 Å². The molecule has 1 aromatic rings. The minimum absolute atomic E-state index is 0. The third-order valence-electron chi connectivity index (χ3n) is 4.20. The Hall–Kier alpha value is -1.45. The first-order valence-electron chi connectivity index (χ1n) is 8.45. The number of aryl methyl sites for hydroxylation is 1. The van der Waals surface area contributed by atoms with Crippen molar-refractivity contribution in [1.82, 2.24) is 19.7 Å². The summed E-state index contributed by atoms with van der Waals surface area (Å²) in [5.41, 5.74) is 0.777. The van der Waals surface area contributed by atoms with Gasteiger partial charge < -0.3 is 24.4 Å². The smallest absolute Gasteiger partial charge is 0.410 e. The number of rotatable bonds is 2. The molecule has 1 fully saturated rings. The number of aliphatic imine (C=N–C) groups is 1. The van der Waals surface area contributed by atoms with Gasteiger partial charge in [-0.15, -0.1) is 24.0 Å². The maximum absolute atomic E-state index is 12.2. The van der Waals surface area contributed by atoms with Gasteiger partial charge in [-0.05, 0) is 32.4 Å². The summed E-state index contributed by atoms with van der Waals surface area (Å²) in [6.45, 7) is 9.27. The van der Waals surface area contributed by atoms with Gasteiger partial charge in [-0.3, -0.25) is 4.99 Å². The Morgan fingerprint density at radius 2 is 2.16 bits per heavy atom. The third kappa shape index (κ3) is 5.02. The van der Waals surface area contributed by atoms with E-state index in [4.69, 9.17) is 4.74 Å². The summed E-state index contributed by atoms with van der Waals surface area (Å²) in [6, 6.07) is 2.34. The van der Waals surface area contributed by atoms with Gasteiger partial charge in [0.1, 0.15) is 5.60 Å². The lowest BCUT2D eigenvalue weighted by atomic mass is 10.2. The number of amides is 1. The Morgan fingerprint density at radius 1 is 1.40 bits per heavy atom. The van der Waals surface area contributed by atoms with Crippen LogP contribution >= 0.6 is 24.0 Å². The van der Waals surface area contributed by atoms with Gasteiger partial charge in [-0.25, -0.2) is 4.79 Å². The number of hydrogen-bond acceptors (Lipinski definition) is 5. The molecule has 140 valence electrons. The summed E-state index contributed by atoms with van der Waals surface area (Å²) >= 11 is 0. The molecule has 1 unspecified atom stereocenters. The van der Waals surface area contributed by atoms with Crippen LogP contribution in [0.4, 0.5) is 4.79 Å². The number of guanidine groups is 1. The minimum Gasteiger partial charge on any atom is -0.444 e. The van der Waals surface area contributed by atoms with Crippen molar-refractivity contribution in [2.75, 3.05) is 26.2 Å². The molecule has 7 nitrogen and oxygen atoms in total. The molecule has 0 bridgehead atoms. The molecule has 1 atom stereocenters. The summed E-state index contributed by atoms with van der Waals surface area (Å²) in [5.74, 6) is 0.938. The summed E-state index contributed by atoms with van der Waals surface area (Å²) in [7, 11) is 2.02. The van der Waals surface area contributed by atoms with Gasteiger partial charge in [0.25, 0.3) is 0 Å². The van der Waals surface area contributed by atoms with Crippen LogP contribution in [0.25, 0.3) is 0 Å². The second kappa shape index (κ2) is 7.84. The molecule has 0 saturated carbocycles. The fraction of sp³-hybridized carbons (Fsp3) is 0.647. The molecule has 1 N–H and O–H groups in total. The summed E-state index contributed by atoms with van der Waals surface area (Å²) < 4.78 is 7.51. The quantitative estimate of drug-likeness (QED) is 0.685. The molecule has 0 aromatic carbocycles. The molecule has 1 aromatic heterocycles. The Labute approximate surface area is 166 Å². The highest BCUT2D eigenvalue weighted by Gasteiger charge is 2.36. The van der Waals surface area contributed by atoms with Gasteiger partial charge in [0.15, 0.2) is 5.96 Å². The van der Waals surface area contributed by atoms with Gasteiger partial charge >= 0.3 is 6.09 Å². The van der Waals surface area contributed by atoms with Crippen LogP contribution in [0.5, 0.6) is 0 Å². The second-order valence-electron chi connectivity index (χ2n) is 7.48. The number of aromatic nitrogens is 1. The topological polar surface area (TPSA) is 62.1 Å². The van der Waals surface area contributed by atoms with Gasteiger partial charge in [0.05, 0.1) is 12.6 Å². The lowest BCUT2D eigenvalue weighted by Gasteiger charge is -2.39. The zero-order chi connectivity index (χ0) is 17.3. The molecule has 3 heterocycles. The van der Waals surface area contributed by atoms with E-state index in [2.05, 4.69) is 27.5 Å². The van der Waals surface area contributed by atoms with E-state index in [9.17, 15) is 4.79 Å². The number of carbonyl (C=O) groups excluding carboxylic acids is 1. The Morgan fingerprint density at radius 3 is 2.80 bits per heavy atom. The van der Waals surface area contributed by atoms with Crippen LogP contribution in [0.15, 0.2) is 23.5 Å². The zero-order valence-electron chi connectivity index (χ0n) is 15.4. The fourth-order valence-electron chi connectivity index (χ4n) is 3.07. The van der Waals surface area contributed by atoms with Crippen LogP contribution in [0.2, 0.25) is 0 Å². The monoisotopic (exact) mass is 461 g/mol. The first-order valence-corrected chi connectivity index (χ1v) is 8.45. The first-order chi connectivity index (χ1) is 11.3. The van der Waals surface area contributed by atoms with Crippen LogP contribution in [0.3, 0.4) is 0 Å². The lowest BCUT2D eigenvalue weighted by Crippen LogP contribution is -2.57. The largest absolute Gasteiger partial charge is 0.444 e. The Balaban J connectivity index is 0.00000225. The Kier molecular flexibility index (Phi) is 6.23. The molecule has 0 spiro atoms. The van der Waals surface area contributed by atoms with Gasteiger partial charge in [0.2, 0.25) is 0 Å². The van der Waals surface area contributed by atoms with E-state index in [1.807, 2.05) is 38.6 Å². The molecule has 3 rings (SSSR count). The molecule has 25 heavy (non-hydrogen) atoms. The number of halogens is 1. The van der Waals surface area contributed by atoms with Crippen LogP contribution in [0.1, 0.15) is 26.3 Å². The number of hydrogen-bond donors (Lipinski definition) is 1. The van der Waals surface area contributed by atoms with Crippen LogP contribution in [0, 0.1) is 0 Å². The molecule has 1 saturated heterocycles. The van der Waals surface area contributed by atoms with Crippen molar-refractivity contribution < 1.29 is 9.53 Å². The average Bonchev–Trinajstić information content (AvgIpc) is 3.08. The highest BCUT2D eigenvalue weighted by molar-refractivity contribution is 14.0. The predicted molar refractivity (Wildman–Crippen MR) is 108 cm³/mol. The second-order valence-corrected chi connectivity index (χ2v) is 7.48. The maximum Gasteiger partial charge on any atom is 0.410 e. The van der Waals surface area contributed by atoms with Crippen molar-refractivity contribution in [2.24, 2.45) is 12.0 Å². The van der Waals surface area contributed by atoms with Gasteiger partial charge in [-0.1, -0.05) is 0 Å². The zero-order valence-corrected chi connectivity index (χ0v) is 17.7. The number of piperazine rings is 1. The maximum atomic E-state index is 12.2. The fourth-order valence-corrected chi connectivity index (χ4v) is 3.07. The van der Waals surface area contributed by atoms with E-state index in [1.165, 1.54) is 5.56 Å². The van der Waals surface area contributed by atoms with Crippen LogP contribution in [-0.4, -0.2) is 64.2 Å². The highest BCUT2D eigenvalue weighted by atomic mass is 127. The van der Waals surface area contributed by atoms with Crippen molar-refractivity contribution in [3.63, 3.8) is 0 Å². The van der Waals surface area contributed by atoms with Crippen molar-refractivity contribution in [2.45, 2.75) is 39.0 Å². The van der Waals surface area contributed by atoms with E-state index in [-0.39, 0.29) is 36.1 Å². The normalized spacial score (nSPS) is 19.8. The van der Waals surface area contributed by atoms with E-state index >= 15 is 0 Å². The van der Waals surface area contributed by atoms with Gasteiger partial charge in [-0.2, -0.15) is 0 Å². The molecular weight excluding hydrogens is 433 g/mol. The minimum atomic E-state index is -0.456. The molecule has 0 radical (unpaired) electrons. The van der Waals surface area contributed by atoms with Crippen molar-refractivity contribution in [3.8, 4) is 0 Å². The molecule has 0 aliphatic carbocycles. The van der Waals surface area contributed by atoms with Crippen LogP contribution < -0.4 is 5.32 Å². The summed E-state index contributed by atoms with van der Waals surface area (Å²) in [6.07, 6.45) is 3.91. The lowest BCUT2D eigenvalue weighted by molar-refractivity contribution is 0.0137. The first kappa shape index (κ1) is 19.9. The molecular formula is C17H28IN5O2. The average molecular weight is 461 g/mol. The molecule has 2 aliphatic heterocycles. The summed E-state index contributed by atoms with van der Waals surface area (Å²) in [4.78, 5) is 20.9. The summed E-state index contributed by atoms with van der Waals surface area (Å²) in [5, 5.41) is 3.42. The SMILES string of the molecule is Cn1ccc(CNC2=NCC3CN(C(=O)OC(C)(C)C)CCN23)c1.I. The third-order valence-corrected chi connectivity index (χ3v) is 4.20. The number of nitrogens with one attached hydrogen (secondary N) is 1. The molecule has 1 amide bonds. The number of carbonyl (C=O) groups is 1. The van der Waals surface area contributed by atoms with Crippen molar-refractivity contribution in [1.29, 1.82) is 0 Å². The van der Waals surface area contributed by atoms with E-state index in [0.717, 1.165) is 25.6 Å². The molecule has 2 aliphatic rings. The standard InChI is InChI=1S/C17H27N5O2.HI/c1-17(2,3)24-16(23)21-7-8-22-14(12-21)10-19-15(22)18-9-13-5-6-20(4)11-13;/h5-6,11,14H,7-10,12H2,1-4H3,(H,18,19);1H. The number of ether oxygens (including phenoxy) is 1. The number of nitrogens with zero attached hydrogens (tertiary/aromatic N) is 4.